The van der Waals surface area contributed by atoms with Gasteiger partial charge in [-0.1, -0.05) is 5.16 Å². The summed E-state index contributed by atoms with van der Waals surface area (Å²) in [6.45, 7) is 6.50. The van der Waals surface area contributed by atoms with E-state index >= 15 is 0 Å². The second kappa shape index (κ2) is 3.29. The summed E-state index contributed by atoms with van der Waals surface area (Å²) >= 11 is 0. The average molecular weight is 214 g/mol. The molecule has 0 radical (unpaired) electrons. The number of nitroso groups, excluding NO2 is 1. The Bertz CT molecular complexity index is 356. The Morgan fingerprint density at radius 1 is 1.40 bits per heavy atom. The fraction of sp³-hybridized carbons (Fsp3) is 0.778. The van der Waals surface area contributed by atoms with Crippen molar-refractivity contribution in [2.24, 2.45) is 5.16 Å². The molecule has 0 saturated heterocycles. The van der Waals surface area contributed by atoms with Gasteiger partial charge < -0.3 is 10.0 Å². The summed E-state index contributed by atoms with van der Waals surface area (Å²) in [6.07, 6.45) is 1.28. The van der Waals surface area contributed by atoms with Crippen molar-refractivity contribution in [3.8, 4) is 0 Å². The van der Waals surface area contributed by atoms with E-state index in [4.69, 9.17) is 0 Å². The highest BCUT2D eigenvalue weighted by Gasteiger charge is 2.65. The van der Waals surface area contributed by atoms with Crippen LogP contribution in [0.3, 0.4) is 0 Å². The maximum atomic E-state index is 11.9. The maximum absolute atomic E-state index is 11.9. The Balaban J connectivity index is 3.27. The van der Waals surface area contributed by atoms with Crippen LogP contribution in [0.2, 0.25) is 0 Å². The zero-order chi connectivity index (χ0) is 11.9. The molecule has 0 aromatic heterocycles. The van der Waals surface area contributed by atoms with E-state index in [1.807, 2.05) is 0 Å². The number of hydrogen-bond donors (Lipinski definition) is 0. The number of hydrogen-bond acceptors (Lipinski definition) is 4. The molecule has 1 aliphatic heterocycles. The van der Waals surface area contributed by atoms with E-state index in [9.17, 15) is 10.1 Å². The van der Waals surface area contributed by atoms with Gasteiger partial charge in [0, 0.05) is 18.8 Å². The van der Waals surface area contributed by atoms with Crippen LogP contribution in [0, 0.1) is 10.1 Å². The summed E-state index contributed by atoms with van der Waals surface area (Å²) in [6, 6.07) is 0. The molecule has 6 nitrogen and oxygen atoms in total. The van der Waals surface area contributed by atoms with Crippen LogP contribution in [-0.2, 0) is 4.84 Å². The fourth-order valence-electron chi connectivity index (χ4n) is 1.73. The summed E-state index contributed by atoms with van der Waals surface area (Å²) < 4.78 is 1.44. The minimum absolute atomic E-state index is 0.296. The second-order valence-corrected chi connectivity index (χ2v) is 4.44. The highest BCUT2D eigenvalue weighted by Crippen LogP contribution is 2.28. The van der Waals surface area contributed by atoms with Crippen LogP contribution in [-0.4, -0.2) is 39.7 Å². The van der Waals surface area contributed by atoms with E-state index in [0.717, 1.165) is 4.76 Å². The molecule has 84 valence electrons. The van der Waals surface area contributed by atoms with Crippen molar-refractivity contribution in [1.82, 2.24) is 0 Å². The normalized spacial score (nSPS) is 23.9. The predicted molar refractivity (Wildman–Crippen MR) is 55.9 cm³/mol. The molecular weight excluding hydrogens is 198 g/mol. The lowest BCUT2D eigenvalue weighted by molar-refractivity contribution is -0.796. The molecule has 0 aromatic carbocycles. The molecule has 0 spiro atoms. The van der Waals surface area contributed by atoms with Crippen LogP contribution >= 0.6 is 0 Å². The molecule has 0 unspecified atom stereocenters. The Morgan fingerprint density at radius 3 is 2.27 bits per heavy atom. The Kier molecular flexibility index (Phi) is 2.54. The van der Waals surface area contributed by atoms with E-state index in [1.165, 1.54) is 13.3 Å². The van der Waals surface area contributed by atoms with Crippen molar-refractivity contribution in [3.05, 3.63) is 10.1 Å². The first-order chi connectivity index (χ1) is 6.76. The molecule has 0 N–H and O–H groups in total. The number of oxime groups is 1. The van der Waals surface area contributed by atoms with Crippen LogP contribution < -0.4 is 0 Å². The van der Waals surface area contributed by atoms with Crippen LogP contribution in [0.1, 0.15) is 27.7 Å². The molecule has 0 saturated carbocycles. The first-order valence-electron chi connectivity index (χ1n) is 4.65. The molecule has 0 aliphatic carbocycles. The molecule has 1 aliphatic rings. The van der Waals surface area contributed by atoms with Crippen molar-refractivity contribution in [1.29, 1.82) is 0 Å². The van der Waals surface area contributed by atoms with E-state index in [1.54, 1.807) is 27.7 Å². The molecule has 0 bridgehead atoms. The van der Waals surface area contributed by atoms with Crippen molar-refractivity contribution in [2.75, 3.05) is 7.11 Å². The van der Waals surface area contributed by atoms with Gasteiger partial charge in [-0.2, -0.15) is 0 Å². The monoisotopic (exact) mass is 214 g/mol. The number of hydroxylamine groups is 1. The van der Waals surface area contributed by atoms with Gasteiger partial charge >= 0.3 is 5.66 Å². The quantitative estimate of drug-likeness (QED) is 0.296. The van der Waals surface area contributed by atoms with Crippen LogP contribution in [0.25, 0.3) is 0 Å². The molecule has 1 heterocycles. The van der Waals surface area contributed by atoms with Gasteiger partial charge in [-0.15, -0.1) is 4.74 Å². The van der Waals surface area contributed by atoms with E-state index < -0.39 is 11.2 Å². The Labute approximate surface area is 88.4 Å². The first kappa shape index (κ1) is 11.6. The lowest BCUT2D eigenvalue weighted by atomic mass is 10.00. The minimum Gasteiger partial charge on any atom is -0.618 e. The zero-order valence-corrected chi connectivity index (χ0v) is 9.64. The third kappa shape index (κ3) is 1.49. The lowest BCUT2D eigenvalue weighted by Crippen LogP contribution is -2.45. The van der Waals surface area contributed by atoms with Crippen molar-refractivity contribution in [2.45, 2.75) is 38.9 Å². The molecule has 6 heteroatoms. The lowest BCUT2D eigenvalue weighted by Gasteiger charge is -2.10. The van der Waals surface area contributed by atoms with Gasteiger partial charge in [-0.25, -0.2) is 0 Å². The predicted octanol–water partition coefficient (Wildman–Crippen LogP) is 0.877. The average Bonchev–Trinajstić information content (AvgIpc) is 2.25. The molecule has 0 aromatic rings. The highest BCUT2D eigenvalue weighted by molar-refractivity contribution is 6.31. The number of rotatable bonds is 2. The molecule has 1 rings (SSSR count). The Hall–Kier alpha value is -1.46. The van der Waals surface area contributed by atoms with Gasteiger partial charge in [0.15, 0.2) is 0 Å². The van der Waals surface area contributed by atoms with Crippen molar-refractivity contribution >= 4 is 11.9 Å². The standard InChI is InChI=1S/C9H16N3O3/c1-8(2)7(6-10-15-5)11(13)9(3,4)12(8)14/h6H,1-5H3/q+1/b10-6+. The van der Waals surface area contributed by atoms with E-state index in [2.05, 4.69) is 9.99 Å². The molecular formula is C9H16N3O3+. The smallest absolute Gasteiger partial charge is 0.401 e. The first-order valence-corrected chi connectivity index (χ1v) is 4.65. The van der Waals surface area contributed by atoms with Gasteiger partial charge in [0.2, 0.25) is 0 Å². The molecule has 0 amide bonds. The third-order valence-electron chi connectivity index (χ3n) is 2.63. The van der Waals surface area contributed by atoms with Crippen molar-refractivity contribution < 1.29 is 14.3 Å². The second-order valence-electron chi connectivity index (χ2n) is 4.44. The summed E-state index contributed by atoms with van der Waals surface area (Å²) in [4.78, 5) is 16.4. The van der Waals surface area contributed by atoms with Gasteiger partial charge in [-0.05, 0) is 0 Å². The number of nitrogens with zero attached hydrogens (tertiary/aromatic N) is 3. The summed E-state index contributed by atoms with van der Waals surface area (Å²) in [7, 11) is 1.38. The largest absolute Gasteiger partial charge is 0.618 e. The maximum Gasteiger partial charge on any atom is 0.401 e. The SMILES string of the molecule is CO/N=C/C1=[N+]([O-])C(C)(C)[N+](=O)C1(C)C. The van der Waals surface area contributed by atoms with Crippen LogP contribution in [0.4, 0.5) is 0 Å². The molecule has 0 atom stereocenters. The topological polar surface area (TPSA) is 67.7 Å². The van der Waals surface area contributed by atoms with Gasteiger partial charge in [0.25, 0.3) is 11.3 Å². The summed E-state index contributed by atoms with van der Waals surface area (Å²) in [5.74, 6) is 0. The van der Waals surface area contributed by atoms with Gasteiger partial charge in [0.1, 0.15) is 13.3 Å². The summed E-state index contributed by atoms with van der Waals surface area (Å²) in [5.41, 5.74) is -1.71. The molecule has 0 fully saturated rings. The van der Waals surface area contributed by atoms with E-state index in [-0.39, 0.29) is 0 Å². The van der Waals surface area contributed by atoms with Crippen molar-refractivity contribution in [3.63, 3.8) is 0 Å². The minimum atomic E-state index is -1.11. The zero-order valence-electron chi connectivity index (χ0n) is 9.64. The van der Waals surface area contributed by atoms with Crippen LogP contribution in [0.15, 0.2) is 5.16 Å². The Morgan fingerprint density at radius 2 is 1.93 bits per heavy atom. The fourth-order valence-corrected chi connectivity index (χ4v) is 1.73. The van der Waals surface area contributed by atoms with E-state index in [0.29, 0.717) is 10.5 Å². The highest BCUT2D eigenvalue weighted by atomic mass is 16.6. The van der Waals surface area contributed by atoms with Gasteiger partial charge in [-0.3, -0.25) is 0 Å². The third-order valence-corrected chi connectivity index (χ3v) is 2.63. The molecule has 15 heavy (non-hydrogen) atoms. The van der Waals surface area contributed by atoms with Crippen LogP contribution in [0.5, 0.6) is 0 Å². The van der Waals surface area contributed by atoms with Gasteiger partial charge in [0.05, 0.1) is 18.6 Å². The summed E-state index contributed by atoms with van der Waals surface area (Å²) in [5, 5.41) is 15.4.